The molecule has 0 unspecified atom stereocenters. The highest BCUT2D eigenvalue weighted by atomic mass is 16.5. The zero-order valence-corrected chi connectivity index (χ0v) is 20.4. The number of nitrogens with zero attached hydrogens (tertiary/aromatic N) is 4. The van der Waals surface area contributed by atoms with Crippen LogP contribution in [0.1, 0.15) is 18.5 Å². The molecule has 0 radical (unpaired) electrons. The van der Waals surface area contributed by atoms with E-state index in [0.717, 1.165) is 46.4 Å². The van der Waals surface area contributed by atoms with Gasteiger partial charge in [0.1, 0.15) is 29.7 Å². The molecule has 0 atom stereocenters. The lowest BCUT2D eigenvalue weighted by Crippen LogP contribution is -2.25. The summed E-state index contributed by atoms with van der Waals surface area (Å²) in [4.78, 5) is 15.4. The molecule has 184 valence electrons. The number of benzene rings is 2. The molecule has 0 amide bonds. The molecule has 2 aromatic carbocycles. The number of aromatic nitrogens is 3. The Labute approximate surface area is 211 Å². The van der Waals surface area contributed by atoms with E-state index in [1.54, 1.807) is 6.20 Å². The fourth-order valence-corrected chi connectivity index (χ4v) is 4.17. The second-order valence-electron chi connectivity index (χ2n) is 8.80. The number of nitrogens with one attached hydrogen (secondary N) is 1. The van der Waals surface area contributed by atoms with Crippen molar-refractivity contribution in [3.63, 3.8) is 0 Å². The summed E-state index contributed by atoms with van der Waals surface area (Å²) in [5.74, 6) is 3.15. The van der Waals surface area contributed by atoms with Crippen molar-refractivity contribution in [3.05, 3.63) is 78.6 Å². The van der Waals surface area contributed by atoms with Crippen LogP contribution in [-0.4, -0.2) is 46.1 Å². The molecule has 5 rings (SSSR count). The van der Waals surface area contributed by atoms with Gasteiger partial charge < -0.3 is 20.5 Å². The number of nitrogen functional groups attached to an aromatic ring is 1. The number of rotatable bonds is 9. The summed E-state index contributed by atoms with van der Waals surface area (Å²) in [5, 5.41) is 3.30. The van der Waals surface area contributed by atoms with Crippen LogP contribution in [0.15, 0.2) is 72.9 Å². The normalized spacial score (nSPS) is 13.5. The van der Waals surface area contributed by atoms with Crippen molar-refractivity contribution in [1.29, 1.82) is 0 Å². The molecule has 8 heteroatoms. The minimum Gasteiger partial charge on any atom is -0.492 e. The van der Waals surface area contributed by atoms with Gasteiger partial charge in [-0.1, -0.05) is 0 Å². The zero-order valence-electron chi connectivity index (χ0n) is 20.4. The number of likely N-dealkylation sites (tertiary alicyclic amines) is 1. The van der Waals surface area contributed by atoms with Crippen molar-refractivity contribution in [3.8, 4) is 28.5 Å². The van der Waals surface area contributed by atoms with Gasteiger partial charge in [0.25, 0.3) is 0 Å². The molecule has 0 bridgehead atoms. The summed E-state index contributed by atoms with van der Waals surface area (Å²) in [6.45, 7) is 5.95. The second-order valence-corrected chi connectivity index (χ2v) is 8.80. The van der Waals surface area contributed by atoms with Crippen LogP contribution in [0.4, 0.5) is 17.5 Å². The SMILES string of the molecule is Cc1cc(Oc2ccc(Nc3cc(-c4ccc(OCCN5CCCC5)cc4)nc(N)n3)cc2)ccn1. The van der Waals surface area contributed by atoms with Crippen LogP contribution in [0.5, 0.6) is 17.2 Å². The molecule has 3 N–H and O–H groups in total. The number of aryl methyl sites for hydroxylation is 1. The molecule has 2 aromatic heterocycles. The monoisotopic (exact) mass is 482 g/mol. The number of hydrogen-bond donors (Lipinski definition) is 2. The van der Waals surface area contributed by atoms with Crippen LogP contribution < -0.4 is 20.5 Å². The average molecular weight is 483 g/mol. The van der Waals surface area contributed by atoms with E-state index in [1.165, 1.54) is 25.9 Å². The second kappa shape index (κ2) is 11.0. The first-order valence-corrected chi connectivity index (χ1v) is 12.2. The number of ether oxygens (including phenoxy) is 2. The predicted octanol–water partition coefficient (Wildman–Crippen LogP) is 5.44. The molecule has 0 aliphatic carbocycles. The maximum atomic E-state index is 6.01. The van der Waals surface area contributed by atoms with Gasteiger partial charge in [-0.25, -0.2) is 4.98 Å². The molecule has 0 spiro atoms. The van der Waals surface area contributed by atoms with Crippen molar-refractivity contribution in [2.45, 2.75) is 19.8 Å². The van der Waals surface area contributed by atoms with Gasteiger partial charge in [-0.15, -0.1) is 0 Å². The van der Waals surface area contributed by atoms with E-state index in [-0.39, 0.29) is 5.95 Å². The molecule has 1 aliphatic heterocycles. The van der Waals surface area contributed by atoms with Gasteiger partial charge >= 0.3 is 0 Å². The van der Waals surface area contributed by atoms with Crippen molar-refractivity contribution >= 4 is 17.5 Å². The highest BCUT2D eigenvalue weighted by Crippen LogP contribution is 2.27. The summed E-state index contributed by atoms with van der Waals surface area (Å²) in [7, 11) is 0. The third-order valence-corrected chi connectivity index (χ3v) is 6.00. The van der Waals surface area contributed by atoms with Gasteiger partial charge in [0, 0.05) is 41.8 Å². The van der Waals surface area contributed by atoms with E-state index in [1.807, 2.05) is 73.7 Å². The lowest BCUT2D eigenvalue weighted by atomic mass is 10.1. The van der Waals surface area contributed by atoms with Crippen LogP contribution in [-0.2, 0) is 0 Å². The molecule has 0 saturated carbocycles. The standard InChI is InChI=1S/C28H30N6O2/c1-20-18-25(12-13-30-20)36-24-10-6-22(7-11-24)31-27-19-26(32-28(29)33-27)21-4-8-23(9-5-21)35-17-16-34-14-2-3-15-34/h4-13,18-19H,2-3,14-17H2,1H3,(H3,29,31,32,33). The molecule has 1 fully saturated rings. The highest BCUT2D eigenvalue weighted by Gasteiger charge is 2.11. The van der Waals surface area contributed by atoms with E-state index in [0.29, 0.717) is 12.4 Å². The van der Waals surface area contributed by atoms with Crippen LogP contribution >= 0.6 is 0 Å². The zero-order chi connectivity index (χ0) is 24.7. The first kappa shape index (κ1) is 23.6. The molecule has 1 aliphatic rings. The maximum absolute atomic E-state index is 6.01. The summed E-state index contributed by atoms with van der Waals surface area (Å²) < 4.78 is 11.8. The number of pyridine rings is 1. The predicted molar refractivity (Wildman–Crippen MR) is 142 cm³/mol. The van der Waals surface area contributed by atoms with Gasteiger partial charge in [-0.05, 0) is 87.5 Å². The molecule has 36 heavy (non-hydrogen) atoms. The Balaban J connectivity index is 1.21. The molecule has 8 nitrogen and oxygen atoms in total. The van der Waals surface area contributed by atoms with Crippen LogP contribution in [0.25, 0.3) is 11.3 Å². The third kappa shape index (κ3) is 6.28. The van der Waals surface area contributed by atoms with Crippen molar-refractivity contribution in [2.75, 3.05) is 37.3 Å². The van der Waals surface area contributed by atoms with Crippen molar-refractivity contribution in [2.24, 2.45) is 0 Å². The molecule has 4 aromatic rings. The van der Waals surface area contributed by atoms with E-state index in [2.05, 4.69) is 25.2 Å². The van der Waals surface area contributed by atoms with E-state index < -0.39 is 0 Å². The van der Waals surface area contributed by atoms with E-state index >= 15 is 0 Å². The van der Waals surface area contributed by atoms with Crippen LogP contribution in [0, 0.1) is 6.92 Å². The molecule has 3 heterocycles. The largest absolute Gasteiger partial charge is 0.492 e. The van der Waals surface area contributed by atoms with Gasteiger partial charge in [-0.2, -0.15) is 4.98 Å². The van der Waals surface area contributed by atoms with Gasteiger partial charge in [-0.3, -0.25) is 9.88 Å². The van der Waals surface area contributed by atoms with Crippen molar-refractivity contribution < 1.29 is 9.47 Å². The van der Waals surface area contributed by atoms with Gasteiger partial charge in [0.2, 0.25) is 5.95 Å². The summed E-state index contributed by atoms with van der Waals surface area (Å²) in [5.41, 5.74) is 9.45. The Morgan fingerprint density at radius 3 is 2.39 bits per heavy atom. The average Bonchev–Trinajstić information content (AvgIpc) is 3.39. The van der Waals surface area contributed by atoms with E-state index in [9.17, 15) is 0 Å². The number of hydrogen-bond acceptors (Lipinski definition) is 8. The Bertz CT molecular complexity index is 1290. The first-order valence-electron chi connectivity index (χ1n) is 12.2. The summed E-state index contributed by atoms with van der Waals surface area (Å²) in [6, 6.07) is 21.2. The number of anilines is 3. The quantitative estimate of drug-likeness (QED) is 0.325. The van der Waals surface area contributed by atoms with Crippen molar-refractivity contribution in [1.82, 2.24) is 19.9 Å². The summed E-state index contributed by atoms with van der Waals surface area (Å²) in [6.07, 6.45) is 4.31. The molecular weight excluding hydrogens is 452 g/mol. The van der Waals surface area contributed by atoms with Gasteiger partial charge in [0.15, 0.2) is 0 Å². The maximum Gasteiger partial charge on any atom is 0.222 e. The lowest BCUT2D eigenvalue weighted by Gasteiger charge is -2.15. The lowest BCUT2D eigenvalue weighted by molar-refractivity contribution is 0.238. The summed E-state index contributed by atoms with van der Waals surface area (Å²) >= 11 is 0. The minimum absolute atomic E-state index is 0.203. The molecule has 1 saturated heterocycles. The Kier molecular flexibility index (Phi) is 7.23. The Morgan fingerprint density at radius 1 is 0.889 bits per heavy atom. The van der Waals surface area contributed by atoms with E-state index in [4.69, 9.17) is 15.2 Å². The number of nitrogens with two attached hydrogens (primary N) is 1. The van der Waals surface area contributed by atoms with Crippen LogP contribution in [0.3, 0.4) is 0 Å². The highest BCUT2D eigenvalue weighted by molar-refractivity contribution is 5.67. The fourth-order valence-electron chi connectivity index (χ4n) is 4.17. The van der Waals surface area contributed by atoms with Crippen LogP contribution in [0.2, 0.25) is 0 Å². The Morgan fingerprint density at radius 2 is 1.64 bits per heavy atom. The molecular formula is C28H30N6O2. The smallest absolute Gasteiger partial charge is 0.222 e. The minimum atomic E-state index is 0.203. The first-order chi connectivity index (χ1) is 17.6. The topological polar surface area (TPSA) is 98.4 Å². The third-order valence-electron chi connectivity index (χ3n) is 6.00. The Hall–Kier alpha value is -4.17. The fraction of sp³-hybridized carbons (Fsp3) is 0.250. The van der Waals surface area contributed by atoms with Gasteiger partial charge in [0.05, 0.1) is 5.69 Å².